The zero-order chi connectivity index (χ0) is 21.1. The Labute approximate surface area is 179 Å². The Morgan fingerprint density at radius 2 is 1.83 bits per heavy atom. The molecule has 1 saturated carbocycles. The third-order valence-corrected chi connectivity index (χ3v) is 6.53. The Kier molecular flexibility index (Phi) is 6.49. The smallest absolute Gasteiger partial charge is 0.240 e. The summed E-state index contributed by atoms with van der Waals surface area (Å²) >= 11 is 0. The Morgan fingerprint density at radius 3 is 2.50 bits per heavy atom. The quantitative estimate of drug-likeness (QED) is 0.730. The molecule has 7 heteroatoms. The number of nitrogens with one attached hydrogen (secondary N) is 1. The molecule has 1 saturated heterocycles. The summed E-state index contributed by atoms with van der Waals surface area (Å²) in [4.78, 5) is 26.6. The lowest BCUT2D eigenvalue weighted by molar-refractivity contribution is -0.119. The molecular formula is C23H34N6O. The molecule has 1 aliphatic carbocycles. The first-order valence-corrected chi connectivity index (χ1v) is 11.3. The van der Waals surface area contributed by atoms with Crippen LogP contribution in [0.4, 0.5) is 5.82 Å². The summed E-state index contributed by atoms with van der Waals surface area (Å²) in [5, 5.41) is 4.21. The molecule has 0 unspecified atom stereocenters. The first-order valence-electron chi connectivity index (χ1n) is 11.3. The number of primary amides is 1. The van der Waals surface area contributed by atoms with Gasteiger partial charge < -0.3 is 11.1 Å². The highest BCUT2D eigenvalue weighted by Crippen LogP contribution is 2.25. The summed E-state index contributed by atoms with van der Waals surface area (Å²) in [6.45, 7) is 9.03. The van der Waals surface area contributed by atoms with Crippen molar-refractivity contribution < 1.29 is 4.79 Å². The number of piperazine rings is 1. The van der Waals surface area contributed by atoms with Crippen molar-refractivity contribution >= 4 is 22.6 Å². The molecule has 2 fully saturated rings. The van der Waals surface area contributed by atoms with E-state index < -0.39 is 6.04 Å². The van der Waals surface area contributed by atoms with Gasteiger partial charge in [0.1, 0.15) is 17.7 Å². The van der Waals surface area contributed by atoms with Gasteiger partial charge in [-0.3, -0.25) is 14.6 Å². The van der Waals surface area contributed by atoms with Gasteiger partial charge in [-0.05, 0) is 30.9 Å². The molecule has 1 aromatic heterocycles. The lowest BCUT2D eigenvalue weighted by Gasteiger charge is -2.37. The SMILES string of the molecule is CC(C)[C@H](Nc1nc(CN2CCN(C3CCCC3)CC2)nc2ccccc12)C(N)=O. The normalized spacial score (nSPS) is 20.1. The molecule has 4 rings (SSSR count). The first kappa shape index (κ1) is 21.0. The average Bonchev–Trinajstić information content (AvgIpc) is 3.27. The van der Waals surface area contributed by atoms with Gasteiger partial charge in [-0.15, -0.1) is 0 Å². The van der Waals surface area contributed by atoms with Gasteiger partial charge in [-0.1, -0.05) is 38.8 Å². The Bertz CT molecular complexity index is 871. The van der Waals surface area contributed by atoms with Gasteiger partial charge in [0.15, 0.2) is 0 Å². The number of carbonyl (C=O) groups is 1. The topological polar surface area (TPSA) is 87.4 Å². The van der Waals surface area contributed by atoms with Crippen molar-refractivity contribution in [1.82, 2.24) is 19.8 Å². The number of fused-ring (bicyclic) bond motifs is 1. The molecule has 1 amide bonds. The van der Waals surface area contributed by atoms with Crippen LogP contribution in [0.25, 0.3) is 10.9 Å². The van der Waals surface area contributed by atoms with E-state index in [0.29, 0.717) is 5.82 Å². The summed E-state index contributed by atoms with van der Waals surface area (Å²) in [5.74, 6) is 1.19. The van der Waals surface area contributed by atoms with Crippen LogP contribution in [0.3, 0.4) is 0 Å². The van der Waals surface area contributed by atoms with Gasteiger partial charge >= 0.3 is 0 Å². The molecule has 0 bridgehead atoms. The molecule has 1 atom stereocenters. The lowest BCUT2D eigenvalue weighted by atomic mass is 10.0. The zero-order valence-corrected chi connectivity index (χ0v) is 18.2. The molecule has 0 radical (unpaired) electrons. The number of benzene rings is 1. The fourth-order valence-electron chi connectivity index (χ4n) is 4.78. The van der Waals surface area contributed by atoms with E-state index >= 15 is 0 Å². The number of rotatable bonds is 7. The van der Waals surface area contributed by atoms with Crippen molar-refractivity contribution in [3.8, 4) is 0 Å². The average molecular weight is 411 g/mol. The highest BCUT2D eigenvalue weighted by Gasteiger charge is 2.27. The van der Waals surface area contributed by atoms with E-state index in [1.807, 2.05) is 38.1 Å². The standard InChI is InChI=1S/C23H34N6O/c1-16(2)21(22(24)30)27-23-18-9-5-6-10-19(18)25-20(26-23)15-28-11-13-29(14-12-28)17-7-3-4-8-17/h5-6,9-10,16-17,21H,3-4,7-8,11-15H2,1-2H3,(H2,24,30)(H,25,26,27)/t21-/m0/s1. The van der Waals surface area contributed by atoms with E-state index in [-0.39, 0.29) is 11.8 Å². The fourth-order valence-corrected chi connectivity index (χ4v) is 4.78. The lowest BCUT2D eigenvalue weighted by Crippen LogP contribution is -2.49. The predicted octanol–water partition coefficient (Wildman–Crippen LogP) is 2.61. The molecule has 1 aliphatic heterocycles. The van der Waals surface area contributed by atoms with E-state index in [1.165, 1.54) is 25.7 Å². The van der Waals surface area contributed by atoms with E-state index in [2.05, 4.69) is 15.1 Å². The van der Waals surface area contributed by atoms with Crippen LogP contribution in [0.15, 0.2) is 24.3 Å². The summed E-state index contributed by atoms with van der Waals surface area (Å²) < 4.78 is 0. The van der Waals surface area contributed by atoms with Crippen molar-refractivity contribution in [2.45, 2.75) is 58.2 Å². The molecule has 2 aliphatic rings. The summed E-state index contributed by atoms with van der Waals surface area (Å²) in [6.07, 6.45) is 5.49. The number of amides is 1. The third-order valence-electron chi connectivity index (χ3n) is 6.53. The van der Waals surface area contributed by atoms with Crippen molar-refractivity contribution in [3.63, 3.8) is 0 Å². The van der Waals surface area contributed by atoms with Crippen LogP contribution in [-0.4, -0.2) is 63.9 Å². The van der Waals surface area contributed by atoms with Gasteiger partial charge in [-0.25, -0.2) is 9.97 Å². The monoisotopic (exact) mass is 410 g/mol. The first-order chi connectivity index (χ1) is 14.5. The minimum Gasteiger partial charge on any atom is -0.368 e. The van der Waals surface area contributed by atoms with Crippen LogP contribution in [0.1, 0.15) is 45.4 Å². The Hall–Kier alpha value is -2.25. The van der Waals surface area contributed by atoms with Crippen LogP contribution in [0, 0.1) is 5.92 Å². The summed E-state index contributed by atoms with van der Waals surface area (Å²) in [6, 6.07) is 8.26. The second kappa shape index (κ2) is 9.27. The van der Waals surface area contributed by atoms with Crippen molar-refractivity contribution in [2.24, 2.45) is 11.7 Å². The molecule has 162 valence electrons. The van der Waals surface area contributed by atoms with Gasteiger partial charge in [0.2, 0.25) is 5.91 Å². The number of nitrogens with zero attached hydrogens (tertiary/aromatic N) is 4. The van der Waals surface area contributed by atoms with Crippen molar-refractivity contribution in [2.75, 3.05) is 31.5 Å². The molecule has 7 nitrogen and oxygen atoms in total. The minimum atomic E-state index is -0.467. The zero-order valence-electron chi connectivity index (χ0n) is 18.2. The number of hydrogen-bond acceptors (Lipinski definition) is 6. The number of hydrogen-bond donors (Lipinski definition) is 2. The van der Waals surface area contributed by atoms with E-state index in [1.54, 1.807) is 0 Å². The predicted molar refractivity (Wildman–Crippen MR) is 120 cm³/mol. The highest BCUT2D eigenvalue weighted by molar-refractivity contribution is 5.91. The fraction of sp³-hybridized carbons (Fsp3) is 0.609. The number of para-hydroxylation sites is 1. The number of aromatic nitrogens is 2. The molecule has 1 aromatic carbocycles. The molecule has 2 heterocycles. The van der Waals surface area contributed by atoms with Crippen LogP contribution in [0.5, 0.6) is 0 Å². The Balaban J connectivity index is 1.49. The number of nitrogens with two attached hydrogens (primary N) is 1. The van der Waals surface area contributed by atoms with Crippen molar-refractivity contribution in [3.05, 3.63) is 30.1 Å². The molecule has 2 aromatic rings. The maximum atomic E-state index is 11.9. The molecule has 30 heavy (non-hydrogen) atoms. The number of anilines is 1. The van der Waals surface area contributed by atoms with Gasteiger partial charge in [-0.2, -0.15) is 0 Å². The Morgan fingerprint density at radius 1 is 1.13 bits per heavy atom. The van der Waals surface area contributed by atoms with Crippen LogP contribution < -0.4 is 11.1 Å². The second-order valence-corrected chi connectivity index (χ2v) is 9.02. The molecule has 0 spiro atoms. The summed E-state index contributed by atoms with van der Waals surface area (Å²) in [7, 11) is 0. The van der Waals surface area contributed by atoms with Gasteiger partial charge in [0.25, 0.3) is 0 Å². The van der Waals surface area contributed by atoms with Crippen LogP contribution >= 0.6 is 0 Å². The summed E-state index contributed by atoms with van der Waals surface area (Å²) in [5.41, 5.74) is 6.51. The second-order valence-electron chi connectivity index (χ2n) is 9.02. The largest absolute Gasteiger partial charge is 0.368 e. The third kappa shape index (κ3) is 4.73. The van der Waals surface area contributed by atoms with Gasteiger partial charge in [0.05, 0.1) is 12.1 Å². The van der Waals surface area contributed by atoms with Gasteiger partial charge in [0, 0.05) is 37.6 Å². The van der Waals surface area contributed by atoms with Crippen LogP contribution in [0.2, 0.25) is 0 Å². The van der Waals surface area contributed by atoms with Crippen LogP contribution in [-0.2, 0) is 11.3 Å². The van der Waals surface area contributed by atoms with E-state index in [4.69, 9.17) is 15.7 Å². The maximum absolute atomic E-state index is 11.9. The number of carbonyl (C=O) groups excluding carboxylic acids is 1. The molecular weight excluding hydrogens is 376 g/mol. The molecule has 3 N–H and O–H groups in total. The highest BCUT2D eigenvalue weighted by atomic mass is 16.1. The van der Waals surface area contributed by atoms with E-state index in [0.717, 1.165) is 55.5 Å². The van der Waals surface area contributed by atoms with E-state index in [9.17, 15) is 4.79 Å². The minimum absolute atomic E-state index is 0.0725. The van der Waals surface area contributed by atoms with Crippen molar-refractivity contribution in [1.29, 1.82) is 0 Å². The maximum Gasteiger partial charge on any atom is 0.240 e.